The number of hydrogen-bond acceptors (Lipinski definition) is 6. The van der Waals surface area contributed by atoms with E-state index in [2.05, 4.69) is 30.0 Å². The third-order valence-corrected chi connectivity index (χ3v) is 7.57. The molecule has 0 bridgehead atoms. The van der Waals surface area contributed by atoms with Gasteiger partial charge in [0.2, 0.25) is 0 Å². The van der Waals surface area contributed by atoms with Crippen LogP contribution in [0.3, 0.4) is 0 Å². The molecule has 2 atom stereocenters. The van der Waals surface area contributed by atoms with Crippen molar-refractivity contribution < 1.29 is 13.6 Å². The van der Waals surface area contributed by atoms with E-state index in [0.29, 0.717) is 32.2 Å². The Balaban J connectivity index is 1.70. The molecule has 1 amide bonds. The van der Waals surface area contributed by atoms with E-state index in [0.717, 1.165) is 21.6 Å². The van der Waals surface area contributed by atoms with Crippen LogP contribution in [-0.4, -0.2) is 23.4 Å². The Bertz CT molecular complexity index is 1420. The third-order valence-electron chi connectivity index (χ3n) is 5.29. The molecule has 0 saturated heterocycles. The maximum atomic E-state index is 13.4. The van der Waals surface area contributed by atoms with Crippen LogP contribution in [-0.2, 0) is 17.7 Å². The Morgan fingerprint density at radius 1 is 1.14 bits per heavy atom. The zero-order chi connectivity index (χ0) is 25.8. The Morgan fingerprint density at radius 3 is 2.58 bits per heavy atom. The summed E-state index contributed by atoms with van der Waals surface area (Å²) in [6, 6.07) is 18.8. The summed E-state index contributed by atoms with van der Waals surface area (Å²) in [6.07, 6.45) is 0.377. The van der Waals surface area contributed by atoms with Gasteiger partial charge in [-0.3, -0.25) is 13.3 Å². The molecule has 0 fully saturated rings. The lowest BCUT2D eigenvalue weighted by Crippen LogP contribution is -2.30. The number of carbonyl (C=O) groups is 1. The van der Waals surface area contributed by atoms with Crippen molar-refractivity contribution in [2.24, 2.45) is 0 Å². The van der Waals surface area contributed by atoms with E-state index in [9.17, 15) is 13.6 Å². The molecule has 0 aliphatic carbocycles. The van der Waals surface area contributed by atoms with Gasteiger partial charge in [-0.05, 0) is 48.4 Å². The molecule has 36 heavy (non-hydrogen) atoms. The van der Waals surface area contributed by atoms with Crippen LogP contribution in [0.2, 0.25) is 10.0 Å². The zero-order valence-corrected chi connectivity index (χ0v) is 23.4. The predicted molar refractivity (Wildman–Crippen MR) is 147 cm³/mol. The highest BCUT2D eigenvalue weighted by molar-refractivity contribution is 9.10. The van der Waals surface area contributed by atoms with Crippen molar-refractivity contribution >= 4 is 79.5 Å². The monoisotopic (exact) mass is 623 g/mol. The molecule has 4 rings (SSSR count). The number of rotatable bonds is 8. The molecule has 4 aromatic rings. The second-order valence-corrected chi connectivity index (χ2v) is 10.8. The van der Waals surface area contributed by atoms with E-state index in [1.54, 1.807) is 43.3 Å². The third kappa shape index (κ3) is 6.13. The maximum Gasteiger partial charge on any atom is 0.253 e. The number of carbonyl (C=O) groups excluding carboxylic acids is 1. The maximum absolute atomic E-state index is 13.4. The van der Waals surface area contributed by atoms with E-state index < -0.39 is 23.2 Å². The average molecular weight is 625 g/mol. The summed E-state index contributed by atoms with van der Waals surface area (Å²) in [5.74, 6) is -0.350. The molecule has 7 nitrogen and oxygen atoms in total. The molecule has 0 saturated carbocycles. The first-order valence-corrected chi connectivity index (χ1v) is 13.9. The highest BCUT2D eigenvalue weighted by Gasteiger charge is 2.25. The smallest absolute Gasteiger partial charge is 0.253 e. The lowest BCUT2D eigenvalue weighted by atomic mass is 10.1. The SMILES string of the molecule is CC(NC(=O)c1ccc(Br)cc1N(c1nsnc1Cc1ccccc1)S(=O)[O-])c1ccc(Cl)cc1Cl. The van der Waals surface area contributed by atoms with Crippen molar-refractivity contribution in [3.8, 4) is 0 Å². The minimum absolute atomic E-state index is 0.131. The van der Waals surface area contributed by atoms with Crippen LogP contribution in [0.5, 0.6) is 0 Å². The van der Waals surface area contributed by atoms with Crippen molar-refractivity contribution in [2.45, 2.75) is 19.4 Å². The first kappa shape index (κ1) is 26.7. The summed E-state index contributed by atoms with van der Waals surface area (Å²) in [5.41, 5.74) is 2.36. The lowest BCUT2D eigenvalue weighted by molar-refractivity contribution is 0.0940. The Labute approximate surface area is 233 Å². The molecular formula is C24H18BrCl2N4O3S2-. The number of hydrogen-bond donors (Lipinski definition) is 1. The van der Waals surface area contributed by atoms with Gasteiger partial charge in [-0.15, -0.1) is 0 Å². The highest BCUT2D eigenvalue weighted by Crippen LogP contribution is 2.35. The van der Waals surface area contributed by atoms with Crippen LogP contribution in [0, 0.1) is 0 Å². The van der Waals surface area contributed by atoms with Gasteiger partial charge in [0.1, 0.15) is 5.69 Å². The molecule has 2 unspecified atom stereocenters. The number of halogens is 3. The Morgan fingerprint density at radius 2 is 1.89 bits per heavy atom. The number of anilines is 2. The van der Waals surface area contributed by atoms with Crippen molar-refractivity contribution in [3.63, 3.8) is 0 Å². The van der Waals surface area contributed by atoms with Crippen LogP contribution in [0.1, 0.15) is 40.1 Å². The summed E-state index contributed by atoms with van der Waals surface area (Å²) in [4.78, 5) is 13.4. The quantitative estimate of drug-likeness (QED) is 0.222. The van der Waals surface area contributed by atoms with E-state index in [1.807, 2.05) is 30.3 Å². The van der Waals surface area contributed by atoms with Gasteiger partial charge in [0.25, 0.3) is 5.91 Å². The summed E-state index contributed by atoms with van der Waals surface area (Å²) < 4.78 is 35.1. The molecule has 0 aliphatic rings. The minimum Gasteiger partial charge on any atom is -0.755 e. The van der Waals surface area contributed by atoms with Gasteiger partial charge in [-0.1, -0.05) is 75.5 Å². The van der Waals surface area contributed by atoms with Gasteiger partial charge in [0.05, 0.1) is 40.3 Å². The summed E-state index contributed by atoms with van der Waals surface area (Å²) in [7, 11) is 0. The van der Waals surface area contributed by atoms with E-state index in [-0.39, 0.29) is 17.1 Å². The normalized spacial score (nSPS) is 12.7. The summed E-state index contributed by atoms with van der Waals surface area (Å²) in [5, 5.41) is 3.77. The van der Waals surface area contributed by atoms with Gasteiger partial charge in [-0.25, -0.2) is 0 Å². The van der Waals surface area contributed by atoms with Crippen molar-refractivity contribution in [1.29, 1.82) is 0 Å². The summed E-state index contributed by atoms with van der Waals surface area (Å²) >= 11 is 13.8. The average Bonchev–Trinajstić information content (AvgIpc) is 3.27. The van der Waals surface area contributed by atoms with Gasteiger partial charge in [0, 0.05) is 20.9 Å². The fourth-order valence-corrected chi connectivity index (χ4v) is 5.71. The first-order valence-electron chi connectivity index (χ1n) is 10.5. The molecule has 3 aromatic carbocycles. The second kappa shape index (κ2) is 11.8. The highest BCUT2D eigenvalue weighted by atomic mass is 79.9. The van der Waals surface area contributed by atoms with Gasteiger partial charge < -0.3 is 9.87 Å². The fraction of sp³-hybridized carbons (Fsp3) is 0.125. The van der Waals surface area contributed by atoms with E-state index in [1.165, 1.54) is 0 Å². The largest absolute Gasteiger partial charge is 0.755 e. The molecule has 12 heteroatoms. The molecule has 1 N–H and O–H groups in total. The molecular weight excluding hydrogens is 607 g/mol. The molecule has 186 valence electrons. The van der Waals surface area contributed by atoms with E-state index >= 15 is 0 Å². The van der Waals surface area contributed by atoms with E-state index in [4.69, 9.17) is 23.2 Å². The molecule has 0 radical (unpaired) electrons. The molecule has 1 aromatic heterocycles. The van der Waals surface area contributed by atoms with Crippen LogP contribution < -0.4 is 9.62 Å². The molecule has 0 spiro atoms. The van der Waals surface area contributed by atoms with Gasteiger partial charge in [-0.2, -0.15) is 8.75 Å². The van der Waals surface area contributed by atoms with Crippen LogP contribution in [0.4, 0.5) is 11.5 Å². The predicted octanol–water partition coefficient (Wildman–Crippen LogP) is 6.62. The second-order valence-electron chi connectivity index (χ2n) is 7.73. The lowest BCUT2D eigenvalue weighted by Gasteiger charge is -2.27. The van der Waals surface area contributed by atoms with Crippen molar-refractivity contribution in [3.05, 3.63) is 104 Å². The number of benzene rings is 3. The van der Waals surface area contributed by atoms with Crippen LogP contribution in [0.15, 0.2) is 71.2 Å². The minimum atomic E-state index is -2.79. The molecule has 0 aliphatic heterocycles. The number of nitrogens with zero attached hydrogens (tertiary/aromatic N) is 3. The fourth-order valence-electron chi connectivity index (χ4n) is 3.59. The number of amides is 1. The number of aromatic nitrogens is 2. The first-order chi connectivity index (χ1) is 17.2. The molecule has 1 heterocycles. The zero-order valence-electron chi connectivity index (χ0n) is 18.7. The standard InChI is InChI=1S/C24H19BrCl2N4O3S2/c1-14(18-10-8-17(26)13-20(18)27)28-24(32)19-9-7-16(25)12-22(19)31(36(33)34)23-21(29-35-30-23)11-15-5-3-2-4-6-15/h2-10,12-14H,11H2,1H3,(H,28,32)(H,33,34)/p-1. The van der Waals surface area contributed by atoms with Crippen LogP contribution >= 0.6 is 50.9 Å². The topological polar surface area (TPSA) is 98.2 Å². The number of nitrogens with one attached hydrogen (secondary N) is 1. The van der Waals surface area contributed by atoms with Gasteiger partial charge >= 0.3 is 0 Å². The van der Waals surface area contributed by atoms with Crippen molar-refractivity contribution in [2.75, 3.05) is 4.31 Å². The Kier molecular flexibility index (Phi) is 8.76. The van der Waals surface area contributed by atoms with Crippen molar-refractivity contribution in [1.82, 2.24) is 14.1 Å². The Hall–Kier alpha value is -2.34. The van der Waals surface area contributed by atoms with Gasteiger partial charge in [0.15, 0.2) is 5.82 Å². The summed E-state index contributed by atoms with van der Waals surface area (Å²) in [6.45, 7) is 1.78. The van der Waals surface area contributed by atoms with Crippen LogP contribution in [0.25, 0.3) is 0 Å².